The molecule has 0 saturated carbocycles. The Morgan fingerprint density at radius 1 is 0.312 bits per heavy atom. The summed E-state index contributed by atoms with van der Waals surface area (Å²) in [6.07, 6.45) is 3.29. The van der Waals surface area contributed by atoms with Crippen molar-refractivity contribution in [1.82, 2.24) is 49.8 Å². The Morgan fingerprint density at radius 3 is 1.07 bits per heavy atom. The highest BCUT2D eigenvalue weighted by atomic mass is 35.5. The van der Waals surface area contributed by atoms with Gasteiger partial charge in [0, 0.05) is 69.7 Å². The number of hydrogen-bond donors (Lipinski definition) is 0. The van der Waals surface area contributed by atoms with E-state index in [2.05, 4.69) is 133 Å². The molecule has 1 aliphatic heterocycles. The molecule has 1 saturated heterocycles. The van der Waals surface area contributed by atoms with E-state index in [1.54, 1.807) is 35.3 Å². The van der Waals surface area contributed by atoms with Crippen molar-refractivity contribution < 1.29 is 9.31 Å². The molecule has 0 atom stereocenters. The SMILES string of the molecule is CC1(C)OB(c2cccc(-c3nc(-c4ccccc4)nc(-c4ccccc4)n3)c2)OC1(C)C.Clc1ccc(-c2ncnc3c2sc2ccccc23)cc1.c1ccc(-c2nc(-c3ccccc3)nc(-c3cccc(-c4ccc(-c5ncnc6c5sc5ccccc56)cc4)c3)n2)cc1. The second-order valence-corrected chi connectivity index (χ2v) is 26.5. The summed E-state index contributed by atoms with van der Waals surface area (Å²) in [6, 6.07) is 89.5. The summed E-state index contributed by atoms with van der Waals surface area (Å²) in [5.41, 5.74) is 14.0. The number of aromatic nitrogens is 10. The molecule has 1 fully saturated rings. The van der Waals surface area contributed by atoms with E-state index in [9.17, 15) is 0 Å². The highest BCUT2D eigenvalue weighted by Crippen LogP contribution is 2.41. The van der Waals surface area contributed by atoms with E-state index >= 15 is 0 Å². The predicted molar refractivity (Wildman–Crippen MR) is 393 cm³/mol. The summed E-state index contributed by atoms with van der Waals surface area (Å²) in [7, 11) is -0.445. The van der Waals surface area contributed by atoms with Crippen LogP contribution in [0.15, 0.2) is 280 Å². The Kier molecular flexibility index (Phi) is 16.9. The molecular formula is C80H58BClN10O2S2. The largest absolute Gasteiger partial charge is 0.494 e. The average Bonchev–Trinajstić information content (AvgIpc) is 2.03. The van der Waals surface area contributed by atoms with Gasteiger partial charge in [0.15, 0.2) is 34.9 Å². The molecule has 0 bridgehead atoms. The van der Waals surface area contributed by atoms with E-state index in [0.29, 0.717) is 34.9 Å². The van der Waals surface area contributed by atoms with E-state index in [0.717, 1.165) is 97.9 Å². The van der Waals surface area contributed by atoms with E-state index < -0.39 is 18.3 Å². The quantitative estimate of drug-likeness (QED) is 0.120. The normalized spacial score (nSPS) is 13.1. The van der Waals surface area contributed by atoms with Crippen molar-refractivity contribution in [2.75, 3.05) is 0 Å². The molecule has 1 aliphatic rings. The molecule has 16 heteroatoms. The van der Waals surface area contributed by atoms with Gasteiger partial charge in [0.1, 0.15) is 12.7 Å². The molecule has 6 aromatic heterocycles. The first-order valence-corrected chi connectivity index (χ1v) is 33.4. The molecule has 0 aliphatic carbocycles. The van der Waals surface area contributed by atoms with Crippen LogP contribution < -0.4 is 5.46 Å². The van der Waals surface area contributed by atoms with Gasteiger partial charge in [0.05, 0.1) is 43.0 Å². The molecule has 462 valence electrons. The van der Waals surface area contributed by atoms with Crippen molar-refractivity contribution >= 4 is 87.5 Å². The minimum atomic E-state index is -0.445. The summed E-state index contributed by atoms with van der Waals surface area (Å²) >= 11 is 9.42. The first kappa shape index (κ1) is 61.3. The molecule has 0 amide bonds. The summed E-state index contributed by atoms with van der Waals surface area (Å²) in [5.74, 6) is 3.83. The van der Waals surface area contributed by atoms with Crippen molar-refractivity contribution in [3.8, 4) is 102 Å². The number of nitrogens with zero attached hydrogens (tertiary/aromatic N) is 10. The van der Waals surface area contributed by atoms with E-state index in [4.69, 9.17) is 50.8 Å². The van der Waals surface area contributed by atoms with Crippen LogP contribution in [0, 0.1) is 0 Å². The standard InChI is InChI=1S/C37H23N5S.C27H26BN3O2.C16H9ClN2S/c1-3-10-26(11-4-1)35-40-36(27-12-5-2-6-13-27)42-37(41-35)29-15-9-14-28(22-29)24-18-20-25(21-19-24)32-34-33(39-23-38-32)30-16-7-8-17-31(30)43-34;1-26(2)27(3,4)33-28(32-26)22-17-11-16-21(18-22)25-30-23(19-12-7-5-8-13-19)29-24(31-25)20-14-9-6-10-15-20;17-11-7-5-10(6-8-11)14-16-15(19-9-18-14)12-3-1-2-4-13(12)20-16/h1-23H;5-18H,1-4H3;1-9H. The third-order valence-corrected chi connectivity index (χ3v) is 19.7. The van der Waals surface area contributed by atoms with Gasteiger partial charge in [0.2, 0.25) is 0 Å². The molecule has 17 rings (SSSR count). The molecule has 0 unspecified atom stereocenters. The van der Waals surface area contributed by atoms with Gasteiger partial charge in [-0.15, -0.1) is 22.7 Å². The lowest BCUT2D eigenvalue weighted by Crippen LogP contribution is -2.41. The molecule has 0 radical (unpaired) electrons. The zero-order valence-electron chi connectivity index (χ0n) is 52.6. The van der Waals surface area contributed by atoms with Crippen LogP contribution in [-0.4, -0.2) is 68.2 Å². The van der Waals surface area contributed by atoms with Crippen LogP contribution in [0.5, 0.6) is 0 Å². The Hall–Kier alpha value is -10.9. The minimum Gasteiger partial charge on any atom is -0.399 e. The third kappa shape index (κ3) is 12.7. The van der Waals surface area contributed by atoms with Gasteiger partial charge in [-0.05, 0) is 74.6 Å². The number of benzene rings is 10. The van der Waals surface area contributed by atoms with Crippen LogP contribution in [0.3, 0.4) is 0 Å². The fourth-order valence-electron chi connectivity index (χ4n) is 11.4. The van der Waals surface area contributed by atoms with Gasteiger partial charge < -0.3 is 9.31 Å². The third-order valence-electron chi connectivity index (χ3n) is 17.1. The maximum absolute atomic E-state index is 6.25. The monoisotopic (exact) mass is 1300 g/mol. The lowest BCUT2D eigenvalue weighted by Gasteiger charge is -2.32. The van der Waals surface area contributed by atoms with Crippen molar-refractivity contribution in [2.24, 2.45) is 0 Å². The molecule has 7 heterocycles. The predicted octanol–water partition coefficient (Wildman–Crippen LogP) is 19.7. The van der Waals surface area contributed by atoms with Crippen LogP contribution in [0.4, 0.5) is 0 Å². The molecule has 12 nitrogen and oxygen atoms in total. The maximum atomic E-state index is 6.25. The molecule has 0 spiro atoms. The summed E-state index contributed by atoms with van der Waals surface area (Å²) in [6.45, 7) is 8.23. The van der Waals surface area contributed by atoms with Crippen LogP contribution in [-0.2, 0) is 9.31 Å². The summed E-state index contributed by atoms with van der Waals surface area (Å²) in [5, 5.41) is 3.09. The minimum absolute atomic E-state index is 0.401. The van der Waals surface area contributed by atoms with Gasteiger partial charge >= 0.3 is 7.12 Å². The van der Waals surface area contributed by atoms with Crippen molar-refractivity contribution in [3.05, 3.63) is 285 Å². The molecule has 10 aromatic carbocycles. The van der Waals surface area contributed by atoms with Gasteiger partial charge in [-0.2, -0.15) is 0 Å². The lowest BCUT2D eigenvalue weighted by atomic mass is 9.78. The van der Waals surface area contributed by atoms with Crippen LogP contribution >= 0.6 is 34.3 Å². The van der Waals surface area contributed by atoms with Gasteiger partial charge in [-0.25, -0.2) is 49.8 Å². The zero-order chi connectivity index (χ0) is 65.2. The Bertz CT molecular complexity index is 5330. The second-order valence-electron chi connectivity index (χ2n) is 24.0. The Balaban J connectivity index is 0.000000126. The van der Waals surface area contributed by atoms with Crippen LogP contribution in [0.25, 0.3) is 143 Å². The second kappa shape index (κ2) is 26.5. The topological polar surface area (TPSA) is 147 Å². The number of fused-ring (bicyclic) bond motifs is 6. The van der Waals surface area contributed by atoms with Crippen molar-refractivity contribution in [1.29, 1.82) is 0 Å². The lowest BCUT2D eigenvalue weighted by molar-refractivity contribution is 0.00578. The number of rotatable bonds is 10. The van der Waals surface area contributed by atoms with Crippen LogP contribution in [0.2, 0.25) is 5.02 Å². The average molecular weight is 1300 g/mol. The van der Waals surface area contributed by atoms with Gasteiger partial charge in [-0.3, -0.25) is 0 Å². The highest BCUT2D eigenvalue weighted by Gasteiger charge is 2.51. The smallest absolute Gasteiger partial charge is 0.399 e. The Morgan fingerprint density at radius 2 is 0.646 bits per heavy atom. The van der Waals surface area contributed by atoms with Crippen molar-refractivity contribution in [2.45, 2.75) is 38.9 Å². The van der Waals surface area contributed by atoms with Crippen LogP contribution in [0.1, 0.15) is 27.7 Å². The van der Waals surface area contributed by atoms with E-state index in [1.807, 2.05) is 182 Å². The van der Waals surface area contributed by atoms with Crippen molar-refractivity contribution in [3.63, 3.8) is 0 Å². The molecule has 0 N–H and O–H groups in total. The highest BCUT2D eigenvalue weighted by molar-refractivity contribution is 7.26. The molecule has 16 aromatic rings. The number of thiophene rings is 2. The van der Waals surface area contributed by atoms with Gasteiger partial charge in [0.25, 0.3) is 0 Å². The maximum Gasteiger partial charge on any atom is 0.494 e. The zero-order valence-corrected chi connectivity index (χ0v) is 55.0. The molecule has 96 heavy (non-hydrogen) atoms. The van der Waals surface area contributed by atoms with E-state index in [1.165, 1.54) is 20.2 Å². The first-order valence-electron chi connectivity index (χ1n) is 31.4. The number of halogens is 1. The summed E-state index contributed by atoms with van der Waals surface area (Å²) < 4.78 is 17.2. The van der Waals surface area contributed by atoms with E-state index in [-0.39, 0.29) is 0 Å². The number of hydrogen-bond acceptors (Lipinski definition) is 14. The summed E-state index contributed by atoms with van der Waals surface area (Å²) in [4.78, 5) is 47.2. The Labute approximate surface area is 568 Å². The fourth-order valence-corrected chi connectivity index (χ4v) is 13.9. The fraction of sp³-hybridized carbons (Fsp3) is 0.0750. The first-order chi connectivity index (χ1) is 46.9. The molecular weight excluding hydrogens is 1240 g/mol. The van der Waals surface area contributed by atoms with Gasteiger partial charge in [-0.1, -0.05) is 248 Å².